The third-order valence-electron chi connectivity index (χ3n) is 3.64. The van der Waals surface area contributed by atoms with Gasteiger partial charge >= 0.3 is 0 Å². The molecule has 0 amide bonds. The van der Waals surface area contributed by atoms with E-state index in [1.165, 1.54) is 0 Å². The monoisotopic (exact) mass is 315 g/mol. The molecule has 4 nitrogen and oxygen atoms in total. The Morgan fingerprint density at radius 3 is 2.62 bits per heavy atom. The Kier molecular flexibility index (Phi) is 2.73. The van der Waals surface area contributed by atoms with E-state index in [4.69, 9.17) is 21.3 Å². The highest BCUT2D eigenvalue weighted by atomic mass is 32.5. The second-order valence-electron chi connectivity index (χ2n) is 5.16. The fourth-order valence-electron chi connectivity index (χ4n) is 2.60. The van der Waals surface area contributed by atoms with Crippen molar-refractivity contribution in [1.82, 2.24) is 14.0 Å². The van der Waals surface area contributed by atoms with Crippen LogP contribution in [0.4, 0.5) is 0 Å². The zero-order valence-corrected chi connectivity index (χ0v) is 13.4. The predicted molar refractivity (Wildman–Crippen MR) is 89.2 cm³/mol. The molecule has 0 fully saturated rings. The first kappa shape index (κ1) is 13.0. The lowest BCUT2D eigenvalue weighted by molar-refractivity contribution is 0.510. The molecule has 1 atom stereocenters. The molecule has 21 heavy (non-hydrogen) atoms. The normalized spacial score (nSPS) is 20.1. The summed E-state index contributed by atoms with van der Waals surface area (Å²) in [6.07, 6.45) is 0. The van der Waals surface area contributed by atoms with Crippen LogP contribution in [0.15, 0.2) is 48.5 Å². The van der Waals surface area contributed by atoms with Crippen molar-refractivity contribution in [2.24, 2.45) is 0 Å². The maximum Gasteiger partial charge on any atom is 0.284 e. The molecule has 0 aliphatic carbocycles. The number of aromatic nitrogens is 2. The number of hydrogen-bond acceptors (Lipinski definition) is 3. The summed E-state index contributed by atoms with van der Waals surface area (Å²) in [5, 5.41) is 0. The van der Waals surface area contributed by atoms with Crippen LogP contribution in [0.3, 0.4) is 0 Å². The molecular weight excluding hydrogens is 301 g/mol. The van der Waals surface area contributed by atoms with Crippen LogP contribution in [0, 0.1) is 0 Å². The molecule has 1 aromatic heterocycles. The van der Waals surface area contributed by atoms with E-state index in [-0.39, 0.29) is 0 Å². The van der Waals surface area contributed by atoms with Crippen LogP contribution >= 0.6 is 6.57 Å². The molecular formula is C15H14N3OPS. The third-order valence-corrected chi connectivity index (χ3v) is 7.69. The summed E-state index contributed by atoms with van der Waals surface area (Å²) in [6, 6.07) is 16.0. The van der Waals surface area contributed by atoms with Gasteiger partial charge in [-0.2, -0.15) is 0 Å². The van der Waals surface area contributed by atoms with Crippen molar-refractivity contribution in [3.05, 3.63) is 48.5 Å². The third kappa shape index (κ3) is 1.72. The second kappa shape index (κ2) is 4.41. The molecule has 0 saturated heterocycles. The van der Waals surface area contributed by atoms with Gasteiger partial charge in [-0.15, -0.1) is 0 Å². The van der Waals surface area contributed by atoms with E-state index < -0.39 is 6.57 Å². The van der Waals surface area contributed by atoms with Crippen molar-refractivity contribution in [3.8, 4) is 17.1 Å². The van der Waals surface area contributed by atoms with E-state index >= 15 is 0 Å². The lowest BCUT2D eigenvalue weighted by atomic mass is 10.2. The van der Waals surface area contributed by atoms with E-state index in [2.05, 4.69) is 4.34 Å². The fourth-order valence-corrected chi connectivity index (χ4v) is 5.19. The number of imidazole rings is 1. The highest BCUT2D eigenvalue weighted by Crippen LogP contribution is 2.59. The van der Waals surface area contributed by atoms with Crippen molar-refractivity contribution in [1.29, 1.82) is 0 Å². The minimum atomic E-state index is -2.38. The van der Waals surface area contributed by atoms with Crippen LogP contribution in [0.5, 0.6) is 5.75 Å². The van der Waals surface area contributed by atoms with E-state index in [9.17, 15) is 0 Å². The molecule has 3 aromatic rings. The average Bonchev–Trinajstić information content (AvgIpc) is 2.87. The minimum absolute atomic E-state index is 0.817. The number of para-hydroxylation sites is 3. The largest absolute Gasteiger partial charge is 0.436 e. The van der Waals surface area contributed by atoms with Gasteiger partial charge in [0, 0.05) is 0 Å². The Hall–Kier alpha value is -1.68. The first-order chi connectivity index (χ1) is 10.1. The van der Waals surface area contributed by atoms with Gasteiger partial charge in [0.25, 0.3) is 6.57 Å². The molecule has 1 unspecified atom stereocenters. The lowest BCUT2D eigenvalue weighted by Gasteiger charge is -2.35. The van der Waals surface area contributed by atoms with Gasteiger partial charge in [-0.25, -0.2) is 9.65 Å². The predicted octanol–water partition coefficient (Wildman–Crippen LogP) is 3.73. The van der Waals surface area contributed by atoms with E-state index in [1.807, 2.05) is 67.3 Å². The van der Waals surface area contributed by atoms with E-state index in [0.29, 0.717) is 0 Å². The second-order valence-corrected chi connectivity index (χ2v) is 8.95. The maximum absolute atomic E-state index is 6.25. The SMILES string of the molecule is CN(C)P1(=S)Oc2ccccc2-c2nc3ccccc3n21. The maximum atomic E-state index is 6.25. The van der Waals surface area contributed by atoms with Gasteiger partial charge in [0.1, 0.15) is 5.75 Å². The summed E-state index contributed by atoms with van der Waals surface area (Å²) in [6.45, 7) is -2.38. The molecule has 2 aromatic carbocycles. The van der Waals surface area contributed by atoms with Crippen molar-refractivity contribution < 1.29 is 4.52 Å². The highest BCUT2D eigenvalue weighted by molar-refractivity contribution is 8.10. The lowest BCUT2D eigenvalue weighted by Crippen LogP contribution is -2.22. The Morgan fingerprint density at radius 2 is 1.81 bits per heavy atom. The van der Waals surface area contributed by atoms with Gasteiger partial charge in [-0.1, -0.05) is 24.3 Å². The number of rotatable bonds is 1. The summed E-state index contributed by atoms with van der Waals surface area (Å²) in [5.74, 6) is 1.72. The molecule has 4 rings (SSSR count). The molecule has 106 valence electrons. The topological polar surface area (TPSA) is 30.3 Å². The molecule has 0 N–H and O–H groups in total. The van der Waals surface area contributed by atoms with Crippen LogP contribution in [0.2, 0.25) is 0 Å². The van der Waals surface area contributed by atoms with Gasteiger partial charge in [0.15, 0.2) is 5.82 Å². The van der Waals surface area contributed by atoms with Gasteiger partial charge in [0.2, 0.25) is 0 Å². The molecule has 1 aliphatic heterocycles. The molecule has 0 radical (unpaired) electrons. The van der Waals surface area contributed by atoms with Gasteiger partial charge in [0.05, 0.1) is 16.6 Å². The van der Waals surface area contributed by atoms with Gasteiger partial charge in [-0.3, -0.25) is 4.34 Å². The molecule has 1 aliphatic rings. The Morgan fingerprint density at radius 1 is 1.10 bits per heavy atom. The summed E-state index contributed by atoms with van der Waals surface area (Å²) < 4.78 is 10.3. The summed E-state index contributed by atoms with van der Waals surface area (Å²) in [7, 11) is 3.93. The van der Waals surface area contributed by atoms with Crippen LogP contribution in [-0.4, -0.2) is 28.1 Å². The van der Waals surface area contributed by atoms with Crippen molar-refractivity contribution in [3.63, 3.8) is 0 Å². The van der Waals surface area contributed by atoms with Crippen molar-refractivity contribution >= 4 is 29.4 Å². The van der Waals surface area contributed by atoms with Crippen molar-refractivity contribution in [2.75, 3.05) is 14.1 Å². The molecule has 2 heterocycles. The summed E-state index contributed by atoms with van der Waals surface area (Å²) in [4.78, 5) is 4.79. The van der Waals surface area contributed by atoms with E-state index in [0.717, 1.165) is 28.2 Å². The van der Waals surface area contributed by atoms with Crippen LogP contribution in [0.1, 0.15) is 0 Å². The number of nitrogens with zero attached hydrogens (tertiary/aromatic N) is 3. The number of hydrogen-bond donors (Lipinski definition) is 0. The highest BCUT2D eigenvalue weighted by Gasteiger charge is 2.36. The standard InChI is InChI=1S/C15H14N3OPS/c1-17(2)20(21)18-13-9-5-4-8-12(13)16-15(18)11-7-3-6-10-14(11)19-20/h3-10H,1-2H3. The Bertz CT molecular complexity index is 903. The molecule has 6 heteroatoms. The zero-order chi connectivity index (χ0) is 14.6. The first-order valence-corrected chi connectivity index (χ1v) is 9.29. The van der Waals surface area contributed by atoms with Gasteiger partial charge < -0.3 is 4.52 Å². The number of fused-ring (bicyclic) bond motifs is 5. The first-order valence-electron chi connectivity index (χ1n) is 6.66. The van der Waals surface area contributed by atoms with E-state index in [1.54, 1.807) is 0 Å². The zero-order valence-electron chi connectivity index (χ0n) is 11.7. The summed E-state index contributed by atoms with van der Waals surface area (Å²) in [5.41, 5.74) is 2.97. The summed E-state index contributed by atoms with van der Waals surface area (Å²) >= 11 is 5.93. The van der Waals surface area contributed by atoms with Crippen LogP contribution < -0.4 is 4.52 Å². The van der Waals surface area contributed by atoms with Crippen LogP contribution in [-0.2, 0) is 11.8 Å². The molecule has 0 spiro atoms. The molecule has 0 bridgehead atoms. The van der Waals surface area contributed by atoms with Crippen molar-refractivity contribution in [2.45, 2.75) is 0 Å². The fraction of sp³-hybridized carbons (Fsp3) is 0.133. The van der Waals surface area contributed by atoms with Gasteiger partial charge in [-0.05, 0) is 50.2 Å². The number of benzene rings is 2. The smallest absolute Gasteiger partial charge is 0.284 e. The quantitative estimate of drug-likeness (QED) is 0.640. The minimum Gasteiger partial charge on any atom is -0.436 e. The Labute approximate surface area is 128 Å². The van der Waals surface area contributed by atoms with Crippen LogP contribution in [0.25, 0.3) is 22.4 Å². The Balaban J connectivity index is 2.16. The average molecular weight is 315 g/mol. The molecule has 0 saturated carbocycles.